The van der Waals surface area contributed by atoms with Crippen LogP contribution in [0.5, 0.6) is 0 Å². The third kappa shape index (κ3) is 2.47. The molecule has 0 bridgehead atoms. The van der Waals surface area contributed by atoms with Gasteiger partial charge in [0.2, 0.25) is 10.0 Å². The maximum Gasteiger partial charge on any atom is 0.355 e. The highest BCUT2D eigenvalue weighted by molar-refractivity contribution is 7.89. The molecule has 0 spiro atoms. The summed E-state index contributed by atoms with van der Waals surface area (Å²) in [6.45, 7) is 5.24. The summed E-state index contributed by atoms with van der Waals surface area (Å²) in [7, 11) is -1.98. The van der Waals surface area contributed by atoms with Crippen molar-refractivity contribution in [1.29, 1.82) is 0 Å². The van der Waals surface area contributed by atoms with Gasteiger partial charge in [0.25, 0.3) is 0 Å². The van der Waals surface area contributed by atoms with E-state index in [1.807, 2.05) is 0 Å². The summed E-state index contributed by atoms with van der Waals surface area (Å²) in [6.07, 6.45) is 1.78. The zero-order chi connectivity index (χ0) is 15.1. The molecule has 0 amide bonds. The average Bonchev–Trinajstić information content (AvgIpc) is 3.14. The third-order valence-electron chi connectivity index (χ3n) is 3.55. The number of esters is 1. The zero-order valence-corrected chi connectivity index (χ0v) is 13.0. The molecule has 1 fully saturated rings. The minimum absolute atomic E-state index is 0.0831. The molecule has 1 aromatic rings. The Morgan fingerprint density at radius 3 is 2.50 bits per heavy atom. The molecule has 1 aromatic heterocycles. The predicted molar refractivity (Wildman–Crippen MR) is 74.2 cm³/mol. The number of ether oxygens (including phenoxy) is 1. The van der Waals surface area contributed by atoms with Crippen LogP contribution >= 0.6 is 0 Å². The highest BCUT2D eigenvalue weighted by Crippen LogP contribution is 2.33. The lowest BCUT2D eigenvalue weighted by Gasteiger charge is -2.16. The molecule has 7 heteroatoms. The number of aromatic amines is 1. The van der Waals surface area contributed by atoms with Gasteiger partial charge in [0, 0.05) is 24.3 Å². The van der Waals surface area contributed by atoms with Gasteiger partial charge in [-0.05, 0) is 33.6 Å². The summed E-state index contributed by atoms with van der Waals surface area (Å²) in [5.41, 5.74) is 1.11. The van der Waals surface area contributed by atoms with Crippen LogP contribution < -0.4 is 0 Å². The van der Waals surface area contributed by atoms with Crippen molar-refractivity contribution in [3.05, 3.63) is 17.0 Å². The Morgan fingerprint density at radius 2 is 2.00 bits per heavy atom. The van der Waals surface area contributed by atoms with Crippen LogP contribution in [0, 0.1) is 13.8 Å². The van der Waals surface area contributed by atoms with E-state index in [0.29, 0.717) is 11.3 Å². The molecule has 6 nitrogen and oxygen atoms in total. The van der Waals surface area contributed by atoms with Crippen LogP contribution in [0.2, 0.25) is 0 Å². The number of aromatic nitrogens is 1. The highest BCUT2D eigenvalue weighted by Gasteiger charge is 2.38. The molecule has 0 aromatic carbocycles. The van der Waals surface area contributed by atoms with Crippen molar-refractivity contribution >= 4 is 16.0 Å². The molecule has 1 heterocycles. The lowest BCUT2D eigenvalue weighted by atomic mass is 10.2. The smallest absolute Gasteiger partial charge is 0.355 e. The summed E-state index contributed by atoms with van der Waals surface area (Å²) in [5.74, 6) is -0.524. The Bertz CT molecular complexity index is 629. The fourth-order valence-electron chi connectivity index (χ4n) is 2.31. The van der Waals surface area contributed by atoms with Crippen LogP contribution in [0.25, 0.3) is 0 Å². The zero-order valence-electron chi connectivity index (χ0n) is 12.2. The minimum Gasteiger partial charge on any atom is -0.461 e. The summed E-state index contributed by atoms with van der Waals surface area (Å²) >= 11 is 0. The third-order valence-corrected chi connectivity index (χ3v) is 5.73. The first-order chi connectivity index (χ1) is 9.30. The Kier molecular flexibility index (Phi) is 3.93. The van der Waals surface area contributed by atoms with Gasteiger partial charge in [-0.2, -0.15) is 4.31 Å². The topological polar surface area (TPSA) is 79.5 Å². The number of carbonyl (C=O) groups is 1. The first kappa shape index (κ1) is 15.1. The SMILES string of the molecule is CCOC(=O)c1[nH]c(C)c(S(=O)(=O)N(C)C2CC2)c1C. The molecule has 0 atom stereocenters. The van der Waals surface area contributed by atoms with E-state index in [-0.39, 0.29) is 23.2 Å². The van der Waals surface area contributed by atoms with Gasteiger partial charge < -0.3 is 9.72 Å². The van der Waals surface area contributed by atoms with Gasteiger partial charge in [-0.3, -0.25) is 0 Å². The number of sulfonamides is 1. The normalized spacial score (nSPS) is 15.7. The molecule has 1 saturated carbocycles. The van der Waals surface area contributed by atoms with Crippen molar-refractivity contribution in [2.24, 2.45) is 0 Å². The molecule has 0 radical (unpaired) electrons. The summed E-state index contributed by atoms with van der Waals surface area (Å²) in [5, 5.41) is 0. The summed E-state index contributed by atoms with van der Waals surface area (Å²) in [6, 6.07) is 0.0831. The lowest BCUT2D eigenvalue weighted by Crippen LogP contribution is -2.29. The maximum atomic E-state index is 12.6. The van der Waals surface area contributed by atoms with E-state index >= 15 is 0 Å². The van der Waals surface area contributed by atoms with Crippen molar-refractivity contribution in [3.8, 4) is 0 Å². The molecular formula is C13H20N2O4S. The molecule has 0 unspecified atom stereocenters. The van der Waals surface area contributed by atoms with Gasteiger partial charge in [0.05, 0.1) is 6.61 Å². The number of rotatable bonds is 5. The molecule has 0 saturated heterocycles. The maximum absolute atomic E-state index is 12.6. The Hall–Kier alpha value is -1.34. The van der Waals surface area contributed by atoms with Crippen molar-refractivity contribution in [2.45, 2.75) is 44.6 Å². The van der Waals surface area contributed by atoms with Crippen molar-refractivity contribution in [2.75, 3.05) is 13.7 Å². The van der Waals surface area contributed by atoms with Crippen LogP contribution in [0.4, 0.5) is 0 Å². The Labute approximate surface area is 119 Å². The van der Waals surface area contributed by atoms with E-state index in [1.165, 1.54) is 4.31 Å². The van der Waals surface area contributed by atoms with E-state index in [0.717, 1.165) is 12.8 Å². The number of aryl methyl sites for hydroxylation is 1. The fraction of sp³-hybridized carbons (Fsp3) is 0.615. The van der Waals surface area contributed by atoms with E-state index in [2.05, 4.69) is 4.98 Å². The molecule has 1 aliphatic rings. The van der Waals surface area contributed by atoms with E-state index in [1.54, 1.807) is 27.8 Å². The Morgan fingerprint density at radius 1 is 1.40 bits per heavy atom. The van der Waals surface area contributed by atoms with E-state index < -0.39 is 16.0 Å². The molecular weight excluding hydrogens is 280 g/mol. The van der Waals surface area contributed by atoms with Gasteiger partial charge in [0.1, 0.15) is 10.6 Å². The lowest BCUT2D eigenvalue weighted by molar-refractivity contribution is 0.0519. The van der Waals surface area contributed by atoms with Crippen LogP contribution in [0.15, 0.2) is 4.90 Å². The number of nitrogens with zero attached hydrogens (tertiary/aromatic N) is 1. The van der Waals surface area contributed by atoms with Gasteiger partial charge in [-0.1, -0.05) is 0 Å². The number of hydrogen-bond donors (Lipinski definition) is 1. The van der Waals surface area contributed by atoms with Gasteiger partial charge in [-0.15, -0.1) is 0 Å². The van der Waals surface area contributed by atoms with Gasteiger partial charge in [-0.25, -0.2) is 13.2 Å². The number of H-pyrrole nitrogens is 1. The van der Waals surface area contributed by atoms with E-state index in [4.69, 9.17) is 4.74 Å². The number of carbonyl (C=O) groups excluding carboxylic acids is 1. The molecule has 1 aliphatic carbocycles. The minimum atomic E-state index is -3.57. The standard InChI is InChI=1S/C13H20N2O4S/c1-5-19-13(16)11-8(2)12(9(3)14-11)20(17,18)15(4)10-6-7-10/h10,14H,5-7H2,1-4H3. The van der Waals surface area contributed by atoms with E-state index in [9.17, 15) is 13.2 Å². The first-order valence-electron chi connectivity index (χ1n) is 6.65. The first-order valence-corrected chi connectivity index (χ1v) is 8.09. The van der Waals surface area contributed by atoms with Crippen LogP contribution in [-0.4, -0.2) is 43.4 Å². The van der Waals surface area contributed by atoms with Crippen molar-refractivity contribution < 1.29 is 17.9 Å². The second-order valence-electron chi connectivity index (χ2n) is 5.05. The van der Waals surface area contributed by atoms with Crippen LogP contribution in [-0.2, 0) is 14.8 Å². The monoisotopic (exact) mass is 300 g/mol. The summed E-state index contributed by atoms with van der Waals surface area (Å²) in [4.78, 5) is 14.8. The highest BCUT2D eigenvalue weighted by atomic mass is 32.2. The van der Waals surface area contributed by atoms with Crippen molar-refractivity contribution in [1.82, 2.24) is 9.29 Å². The molecule has 1 N–H and O–H groups in total. The quantitative estimate of drug-likeness (QED) is 0.838. The molecule has 20 heavy (non-hydrogen) atoms. The number of hydrogen-bond acceptors (Lipinski definition) is 4. The van der Waals surface area contributed by atoms with Crippen LogP contribution in [0.3, 0.4) is 0 Å². The number of nitrogens with one attached hydrogen (secondary N) is 1. The average molecular weight is 300 g/mol. The van der Waals surface area contributed by atoms with Crippen molar-refractivity contribution in [3.63, 3.8) is 0 Å². The largest absolute Gasteiger partial charge is 0.461 e. The Balaban J connectivity index is 2.44. The fourth-order valence-corrected chi connectivity index (χ4v) is 4.12. The second kappa shape index (κ2) is 5.21. The molecule has 2 rings (SSSR count). The van der Waals surface area contributed by atoms with Crippen LogP contribution in [0.1, 0.15) is 41.5 Å². The second-order valence-corrected chi connectivity index (χ2v) is 6.99. The summed E-state index contributed by atoms with van der Waals surface area (Å²) < 4.78 is 31.5. The van der Waals surface area contributed by atoms with Gasteiger partial charge in [0.15, 0.2) is 0 Å². The van der Waals surface area contributed by atoms with Gasteiger partial charge >= 0.3 is 5.97 Å². The molecule has 0 aliphatic heterocycles. The predicted octanol–water partition coefficient (Wildman–Crippen LogP) is 1.59. The molecule has 112 valence electrons.